The third-order valence-electron chi connectivity index (χ3n) is 2.22. The molecule has 0 atom stereocenters. The van der Waals surface area contributed by atoms with Crippen molar-refractivity contribution in [2.75, 3.05) is 6.61 Å². The molecular formula is C10H21FO3S. The van der Waals surface area contributed by atoms with Gasteiger partial charge >= 0.3 is 10.5 Å². The lowest BCUT2D eigenvalue weighted by molar-refractivity contribution is 0.284. The van der Waals surface area contributed by atoms with E-state index in [-0.39, 0.29) is 6.61 Å². The molecule has 0 N–H and O–H groups in total. The van der Waals surface area contributed by atoms with Crippen LogP contribution in [0.15, 0.2) is 0 Å². The van der Waals surface area contributed by atoms with Crippen molar-refractivity contribution in [2.45, 2.75) is 58.3 Å². The molecular weight excluding hydrogens is 219 g/mol. The summed E-state index contributed by atoms with van der Waals surface area (Å²) in [6.45, 7) is 2.14. The predicted octanol–water partition coefficient (Wildman–Crippen LogP) is 3.36. The van der Waals surface area contributed by atoms with Gasteiger partial charge in [-0.05, 0) is 6.42 Å². The molecule has 0 rings (SSSR count). The van der Waals surface area contributed by atoms with Crippen LogP contribution in [0.25, 0.3) is 0 Å². The van der Waals surface area contributed by atoms with Crippen LogP contribution in [0.2, 0.25) is 0 Å². The minimum atomic E-state index is -4.73. The van der Waals surface area contributed by atoms with Gasteiger partial charge in [0.15, 0.2) is 0 Å². The first kappa shape index (κ1) is 14.8. The van der Waals surface area contributed by atoms with Crippen LogP contribution in [-0.4, -0.2) is 15.0 Å². The fourth-order valence-corrected chi connectivity index (χ4v) is 1.71. The Balaban J connectivity index is 3.06. The highest BCUT2D eigenvalue weighted by molar-refractivity contribution is 7.81. The van der Waals surface area contributed by atoms with Crippen molar-refractivity contribution in [3.63, 3.8) is 0 Å². The summed E-state index contributed by atoms with van der Waals surface area (Å²) < 4.78 is 35.7. The number of hydrogen-bond acceptors (Lipinski definition) is 3. The Labute approximate surface area is 92.4 Å². The van der Waals surface area contributed by atoms with Gasteiger partial charge in [-0.15, -0.1) is 0 Å². The van der Waals surface area contributed by atoms with Crippen molar-refractivity contribution in [1.82, 2.24) is 0 Å². The highest BCUT2D eigenvalue weighted by Crippen LogP contribution is 2.08. The molecule has 0 heterocycles. The van der Waals surface area contributed by atoms with E-state index < -0.39 is 10.5 Å². The van der Waals surface area contributed by atoms with Crippen LogP contribution in [0, 0.1) is 0 Å². The zero-order valence-electron chi connectivity index (χ0n) is 9.37. The summed E-state index contributed by atoms with van der Waals surface area (Å²) in [5, 5.41) is 0. The second-order valence-corrected chi connectivity index (χ2v) is 4.71. The third kappa shape index (κ3) is 13.8. The number of rotatable bonds is 10. The average Bonchev–Trinajstić information content (AvgIpc) is 2.14. The zero-order chi connectivity index (χ0) is 11.6. The van der Waals surface area contributed by atoms with Gasteiger partial charge in [-0.25, -0.2) is 4.18 Å². The Morgan fingerprint density at radius 1 is 0.933 bits per heavy atom. The van der Waals surface area contributed by atoms with Crippen LogP contribution in [0.1, 0.15) is 58.3 Å². The van der Waals surface area contributed by atoms with Crippen molar-refractivity contribution in [2.24, 2.45) is 0 Å². The molecule has 0 amide bonds. The molecule has 92 valence electrons. The van der Waals surface area contributed by atoms with Crippen molar-refractivity contribution >= 4 is 10.5 Å². The molecule has 5 heteroatoms. The van der Waals surface area contributed by atoms with Gasteiger partial charge in [-0.3, -0.25) is 0 Å². The fraction of sp³-hybridized carbons (Fsp3) is 1.00. The Morgan fingerprint density at radius 3 is 1.87 bits per heavy atom. The van der Waals surface area contributed by atoms with E-state index >= 15 is 0 Å². The normalized spacial score (nSPS) is 11.9. The van der Waals surface area contributed by atoms with Crippen molar-refractivity contribution in [1.29, 1.82) is 0 Å². The molecule has 0 aromatic heterocycles. The molecule has 0 bridgehead atoms. The average molecular weight is 240 g/mol. The topological polar surface area (TPSA) is 43.4 Å². The summed E-state index contributed by atoms with van der Waals surface area (Å²) in [5.41, 5.74) is 0. The standard InChI is InChI=1S/C10H21FO3S/c1-2-3-4-5-6-7-8-9-10-14-15(11,12)13/h2-10H2,1H3. The summed E-state index contributed by atoms with van der Waals surface area (Å²) in [7, 11) is -4.73. The Bertz CT molecular complexity index is 227. The Morgan fingerprint density at radius 2 is 1.40 bits per heavy atom. The minimum Gasteiger partial charge on any atom is -0.245 e. The lowest BCUT2D eigenvalue weighted by Crippen LogP contribution is -1.99. The van der Waals surface area contributed by atoms with Gasteiger partial charge in [0.1, 0.15) is 0 Å². The van der Waals surface area contributed by atoms with Gasteiger partial charge < -0.3 is 0 Å². The van der Waals surface area contributed by atoms with Crippen LogP contribution in [-0.2, 0) is 14.7 Å². The monoisotopic (exact) mass is 240 g/mol. The molecule has 0 saturated heterocycles. The van der Waals surface area contributed by atoms with Crippen molar-refractivity contribution in [3.8, 4) is 0 Å². The maximum Gasteiger partial charge on any atom is 0.437 e. The second kappa shape index (κ2) is 9.09. The van der Waals surface area contributed by atoms with Gasteiger partial charge in [0.05, 0.1) is 6.61 Å². The summed E-state index contributed by atoms with van der Waals surface area (Å²) in [4.78, 5) is 0. The van der Waals surface area contributed by atoms with Crippen molar-refractivity contribution < 1.29 is 16.5 Å². The van der Waals surface area contributed by atoms with E-state index in [9.17, 15) is 12.3 Å². The molecule has 0 saturated carbocycles. The van der Waals surface area contributed by atoms with Gasteiger partial charge in [-0.2, -0.15) is 8.42 Å². The molecule has 0 spiro atoms. The van der Waals surface area contributed by atoms with E-state index in [1.807, 2.05) is 0 Å². The molecule has 0 aliphatic carbocycles. The first-order valence-electron chi connectivity index (χ1n) is 5.65. The van der Waals surface area contributed by atoms with Gasteiger partial charge in [0.2, 0.25) is 0 Å². The smallest absolute Gasteiger partial charge is 0.245 e. The van der Waals surface area contributed by atoms with Crippen LogP contribution in [0.4, 0.5) is 3.89 Å². The molecule has 0 fully saturated rings. The number of hydrogen-bond donors (Lipinski definition) is 0. The third-order valence-corrected chi connectivity index (χ3v) is 2.67. The molecule has 0 aliphatic rings. The maximum atomic E-state index is 11.9. The lowest BCUT2D eigenvalue weighted by atomic mass is 10.1. The molecule has 15 heavy (non-hydrogen) atoms. The maximum absolute atomic E-state index is 11.9. The van der Waals surface area contributed by atoms with E-state index in [1.54, 1.807) is 0 Å². The van der Waals surface area contributed by atoms with E-state index in [1.165, 1.54) is 32.1 Å². The van der Waals surface area contributed by atoms with E-state index in [2.05, 4.69) is 11.1 Å². The molecule has 0 unspecified atom stereocenters. The van der Waals surface area contributed by atoms with Crippen LogP contribution >= 0.6 is 0 Å². The van der Waals surface area contributed by atoms with E-state index in [4.69, 9.17) is 0 Å². The fourth-order valence-electron chi connectivity index (χ4n) is 1.39. The van der Waals surface area contributed by atoms with Crippen molar-refractivity contribution in [3.05, 3.63) is 0 Å². The first-order valence-corrected chi connectivity index (χ1v) is 6.96. The van der Waals surface area contributed by atoms with E-state index in [0.29, 0.717) is 6.42 Å². The highest BCUT2D eigenvalue weighted by Gasteiger charge is 2.05. The highest BCUT2D eigenvalue weighted by atomic mass is 32.3. The van der Waals surface area contributed by atoms with Gasteiger partial charge in [0, 0.05) is 0 Å². The summed E-state index contributed by atoms with van der Waals surface area (Å²) in [6.07, 6.45) is 8.77. The largest absolute Gasteiger partial charge is 0.437 e. The zero-order valence-corrected chi connectivity index (χ0v) is 10.2. The minimum absolute atomic E-state index is 0.0339. The lowest BCUT2D eigenvalue weighted by Gasteiger charge is -2.00. The molecule has 0 aromatic rings. The number of unbranched alkanes of at least 4 members (excludes halogenated alkanes) is 7. The van der Waals surface area contributed by atoms with Gasteiger partial charge in [0.25, 0.3) is 0 Å². The first-order chi connectivity index (χ1) is 7.06. The summed E-state index contributed by atoms with van der Waals surface area (Å²) in [5.74, 6) is 0. The predicted molar refractivity (Wildman–Crippen MR) is 58.6 cm³/mol. The number of halogens is 1. The molecule has 3 nitrogen and oxygen atoms in total. The van der Waals surface area contributed by atoms with Gasteiger partial charge in [-0.1, -0.05) is 55.8 Å². The summed E-state index contributed by atoms with van der Waals surface area (Å²) in [6, 6.07) is 0. The quantitative estimate of drug-likeness (QED) is 0.434. The van der Waals surface area contributed by atoms with Crippen LogP contribution in [0.5, 0.6) is 0 Å². The Kier molecular flexibility index (Phi) is 9.00. The van der Waals surface area contributed by atoms with Crippen LogP contribution < -0.4 is 0 Å². The molecule has 0 radical (unpaired) electrons. The second-order valence-electron chi connectivity index (χ2n) is 3.69. The van der Waals surface area contributed by atoms with Crippen LogP contribution in [0.3, 0.4) is 0 Å². The van der Waals surface area contributed by atoms with E-state index in [0.717, 1.165) is 12.8 Å². The Hall–Kier alpha value is -0.160. The summed E-state index contributed by atoms with van der Waals surface area (Å²) >= 11 is 0. The molecule has 0 aromatic carbocycles. The molecule has 0 aliphatic heterocycles. The SMILES string of the molecule is CCCCCCCCCCOS(=O)(=O)F.